The van der Waals surface area contributed by atoms with E-state index >= 15 is 0 Å². The molecule has 1 aromatic rings. The van der Waals surface area contributed by atoms with Crippen LogP contribution in [-0.2, 0) is 4.79 Å². The molecule has 0 bridgehead atoms. The molecule has 1 aromatic heterocycles. The number of piperidine rings is 1. The second kappa shape index (κ2) is 5.32. The lowest BCUT2D eigenvalue weighted by Crippen LogP contribution is -2.48. The summed E-state index contributed by atoms with van der Waals surface area (Å²) in [5, 5.41) is -0.158. The van der Waals surface area contributed by atoms with Crippen molar-refractivity contribution < 1.29 is 18.8 Å². The SMILES string of the molecule is O=C(c1ccoc1)N1CCC(N2C(=O)CSC2=O)CC1. The minimum absolute atomic E-state index is 0.0642. The van der Waals surface area contributed by atoms with Gasteiger partial charge >= 0.3 is 0 Å². The topological polar surface area (TPSA) is 70.8 Å². The normalized spacial score (nSPS) is 20.8. The highest BCUT2D eigenvalue weighted by atomic mass is 32.2. The van der Waals surface area contributed by atoms with E-state index in [0.29, 0.717) is 31.5 Å². The number of hydrogen-bond acceptors (Lipinski definition) is 5. The zero-order chi connectivity index (χ0) is 14.1. The summed E-state index contributed by atoms with van der Waals surface area (Å²) in [6, 6.07) is 1.57. The van der Waals surface area contributed by atoms with E-state index in [0.717, 1.165) is 11.8 Å². The molecule has 6 nitrogen and oxygen atoms in total. The van der Waals surface area contributed by atoms with Gasteiger partial charge in [-0.1, -0.05) is 11.8 Å². The van der Waals surface area contributed by atoms with E-state index in [1.165, 1.54) is 17.4 Å². The van der Waals surface area contributed by atoms with Crippen LogP contribution in [-0.4, -0.2) is 51.7 Å². The quantitative estimate of drug-likeness (QED) is 0.828. The van der Waals surface area contributed by atoms with E-state index in [4.69, 9.17) is 4.42 Å². The van der Waals surface area contributed by atoms with Crippen LogP contribution in [0.3, 0.4) is 0 Å². The van der Waals surface area contributed by atoms with Gasteiger partial charge in [0.15, 0.2) is 0 Å². The summed E-state index contributed by atoms with van der Waals surface area (Å²) in [5.74, 6) is 0.0674. The Balaban J connectivity index is 1.61. The van der Waals surface area contributed by atoms with Gasteiger partial charge in [-0.2, -0.15) is 0 Å². The summed E-state index contributed by atoms with van der Waals surface area (Å²) in [7, 11) is 0. The van der Waals surface area contributed by atoms with Crippen molar-refractivity contribution in [2.24, 2.45) is 0 Å². The molecule has 3 heterocycles. The van der Waals surface area contributed by atoms with Gasteiger partial charge in [0.05, 0.1) is 17.6 Å². The Hall–Kier alpha value is -1.76. The molecule has 0 atom stereocenters. The largest absolute Gasteiger partial charge is 0.472 e. The highest BCUT2D eigenvalue weighted by molar-refractivity contribution is 8.14. The molecule has 0 spiro atoms. The first kappa shape index (κ1) is 13.2. The third kappa shape index (κ3) is 2.33. The standard InChI is InChI=1S/C13H14N2O4S/c16-11-8-20-13(18)15(11)10-1-4-14(5-2-10)12(17)9-3-6-19-7-9/h3,6-7,10H,1-2,4-5,8H2. The highest BCUT2D eigenvalue weighted by Gasteiger charge is 2.38. The maximum absolute atomic E-state index is 12.1. The predicted molar refractivity (Wildman–Crippen MR) is 72.3 cm³/mol. The lowest BCUT2D eigenvalue weighted by Gasteiger charge is -2.35. The monoisotopic (exact) mass is 294 g/mol. The van der Waals surface area contributed by atoms with Gasteiger partial charge in [0.25, 0.3) is 11.1 Å². The van der Waals surface area contributed by atoms with Crippen LogP contribution in [0.15, 0.2) is 23.0 Å². The van der Waals surface area contributed by atoms with Crippen LogP contribution in [0, 0.1) is 0 Å². The summed E-state index contributed by atoms with van der Waals surface area (Å²) >= 11 is 1.06. The zero-order valence-electron chi connectivity index (χ0n) is 10.8. The van der Waals surface area contributed by atoms with Crippen molar-refractivity contribution in [3.8, 4) is 0 Å². The summed E-state index contributed by atoms with van der Waals surface area (Å²) in [6.45, 7) is 1.10. The molecule has 2 aliphatic rings. The van der Waals surface area contributed by atoms with Crippen LogP contribution in [0.4, 0.5) is 4.79 Å². The number of likely N-dealkylation sites (tertiary alicyclic amines) is 1. The van der Waals surface area contributed by atoms with Gasteiger partial charge in [0.1, 0.15) is 6.26 Å². The number of furan rings is 1. The van der Waals surface area contributed by atoms with Crippen LogP contribution in [0.25, 0.3) is 0 Å². The fraction of sp³-hybridized carbons (Fsp3) is 0.462. The average molecular weight is 294 g/mol. The number of carbonyl (C=O) groups excluding carboxylic acids is 3. The molecule has 2 fully saturated rings. The van der Waals surface area contributed by atoms with Crippen molar-refractivity contribution in [2.75, 3.05) is 18.8 Å². The zero-order valence-corrected chi connectivity index (χ0v) is 11.6. The second-order valence-electron chi connectivity index (χ2n) is 4.85. The van der Waals surface area contributed by atoms with E-state index in [2.05, 4.69) is 0 Å². The lowest BCUT2D eigenvalue weighted by molar-refractivity contribution is -0.126. The Bertz CT molecular complexity index is 519. The van der Waals surface area contributed by atoms with Crippen molar-refractivity contribution in [3.63, 3.8) is 0 Å². The molecule has 106 valence electrons. The first-order valence-corrected chi connectivity index (χ1v) is 7.45. The number of thioether (sulfide) groups is 1. The van der Waals surface area contributed by atoms with Crippen LogP contribution in [0.1, 0.15) is 23.2 Å². The first-order valence-electron chi connectivity index (χ1n) is 6.47. The van der Waals surface area contributed by atoms with Crippen molar-refractivity contribution in [1.82, 2.24) is 9.80 Å². The number of amides is 3. The molecule has 20 heavy (non-hydrogen) atoms. The second-order valence-corrected chi connectivity index (χ2v) is 5.78. The van der Waals surface area contributed by atoms with Crippen molar-refractivity contribution in [1.29, 1.82) is 0 Å². The van der Waals surface area contributed by atoms with Gasteiger partial charge in [0, 0.05) is 19.1 Å². The van der Waals surface area contributed by atoms with Crippen LogP contribution < -0.4 is 0 Å². The van der Waals surface area contributed by atoms with Gasteiger partial charge in [0.2, 0.25) is 5.91 Å². The van der Waals surface area contributed by atoms with Crippen molar-refractivity contribution in [3.05, 3.63) is 24.2 Å². The number of imide groups is 1. The van der Waals surface area contributed by atoms with Crippen LogP contribution in [0.2, 0.25) is 0 Å². The third-order valence-electron chi connectivity index (χ3n) is 3.67. The molecule has 0 aromatic carbocycles. The Morgan fingerprint density at radius 1 is 1.30 bits per heavy atom. The predicted octanol–water partition coefficient (Wildman–Crippen LogP) is 1.58. The van der Waals surface area contributed by atoms with Crippen molar-refractivity contribution in [2.45, 2.75) is 18.9 Å². The molecule has 2 aliphatic heterocycles. The molecule has 0 aliphatic carbocycles. The van der Waals surface area contributed by atoms with Crippen LogP contribution in [0.5, 0.6) is 0 Å². The number of hydrogen-bond donors (Lipinski definition) is 0. The summed E-state index contributed by atoms with van der Waals surface area (Å²) < 4.78 is 4.91. The molecule has 7 heteroatoms. The van der Waals surface area contributed by atoms with E-state index in [-0.39, 0.29) is 28.8 Å². The maximum atomic E-state index is 12.1. The number of rotatable bonds is 2. The summed E-state index contributed by atoms with van der Waals surface area (Å²) in [4.78, 5) is 38.6. The van der Waals surface area contributed by atoms with E-state index < -0.39 is 0 Å². The fourth-order valence-electron chi connectivity index (χ4n) is 2.61. The minimum Gasteiger partial charge on any atom is -0.472 e. The van der Waals surface area contributed by atoms with E-state index in [9.17, 15) is 14.4 Å². The summed E-state index contributed by atoms with van der Waals surface area (Å²) in [5.41, 5.74) is 0.535. The van der Waals surface area contributed by atoms with Gasteiger partial charge in [-0.25, -0.2) is 0 Å². The van der Waals surface area contributed by atoms with Crippen LogP contribution >= 0.6 is 11.8 Å². The van der Waals surface area contributed by atoms with Gasteiger partial charge < -0.3 is 9.32 Å². The average Bonchev–Trinajstić information content (AvgIpc) is 3.09. The molecule has 0 unspecified atom stereocenters. The Labute approximate surface area is 120 Å². The van der Waals surface area contributed by atoms with Gasteiger partial charge in [-0.05, 0) is 18.9 Å². The minimum atomic E-state index is -0.158. The fourth-order valence-corrected chi connectivity index (χ4v) is 3.39. The van der Waals surface area contributed by atoms with Gasteiger partial charge in [-0.15, -0.1) is 0 Å². The van der Waals surface area contributed by atoms with E-state index in [1.54, 1.807) is 11.0 Å². The molecule has 0 N–H and O–H groups in total. The molecule has 3 amide bonds. The van der Waals surface area contributed by atoms with E-state index in [1.807, 2.05) is 0 Å². The lowest BCUT2D eigenvalue weighted by atomic mass is 10.0. The maximum Gasteiger partial charge on any atom is 0.289 e. The molecule has 3 rings (SSSR count). The third-order valence-corrected chi connectivity index (χ3v) is 4.50. The Morgan fingerprint density at radius 3 is 2.60 bits per heavy atom. The van der Waals surface area contributed by atoms with Crippen molar-refractivity contribution >= 4 is 28.8 Å². The molecule has 0 saturated carbocycles. The number of nitrogens with zero attached hydrogens (tertiary/aromatic N) is 2. The van der Waals surface area contributed by atoms with Gasteiger partial charge in [-0.3, -0.25) is 19.3 Å². The summed E-state index contributed by atoms with van der Waals surface area (Å²) in [6.07, 6.45) is 4.18. The Morgan fingerprint density at radius 2 is 2.05 bits per heavy atom. The molecular weight excluding hydrogens is 280 g/mol. The molecule has 0 radical (unpaired) electrons. The highest BCUT2D eigenvalue weighted by Crippen LogP contribution is 2.27. The first-order chi connectivity index (χ1) is 9.66. The molecular formula is C13H14N2O4S. The smallest absolute Gasteiger partial charge is 0.289 e. The Kier molecular flexibility index (Phi) is 3.52. The number of carbonyl (C=O) groups is 3. The molecule has 2 saturated heterocycles.